The van der Waals surface area contributed by atoms with Crippen molar-refractivity contribution in [2.45, 2.75) is 0 Å². The van der Waals surface area contributed by atoms with E-state index >= 15 is 0 Å². The highest BCUT2D eigenvalue weighted by Gasteiger charge is 2.30. The lowest BCUT2D eigenvalue weighted by molar-refractivity contribution is -0.113. The summed E-state index contributed by atoms with van der Waals surface area (Å²) in [4.78, 5) is 15.5. The third-order valence-electron chi connectivity index (χ3n) is 6.37. The number of carbonyl (C=O) groups is 1. The highest BCUT2D eigenvalue weighted by Crippen LogP contribution is 2.37. The van der Waals surface area contributed by atoms with Gasteiger partial charge in [-0.2, -0.15) is 0 Å². The molecule has 0 fully saturated rings. The van der Waals surface area contributed by atoms with Gasteiger partial charge in [0.1, 0.15) is 11.5 Å². The van der Waals surface area contributed by atoms with Crippen LogP contribution in [-0.2, 0) is 4.79 Å². The molecular weight excluding hydrogens is 527 g/mol. The molecule has 1 aliphatic heterocycles. The van der Waals surface area contributed by atoms with Crippen LogP contribution in [0.1, 0.15) is 11.3 Å². The van der Waals surface area contributed by atoms with E-state index in [-0.39, 0.29) is 5.91 Å². The topological polar surface area (TPSA) is 45.5 Å². The van der Waals surface area contributed by atoms with Gasteiger partial charge in [0.2, 0.25) is 0 Å². The number of hydrogen-bond acceptors (Lipinski definition) is 3. The molecule has 0 bridgehead atoms. The number of rotatable bonds is 6. The molecule has 5 aromatic rings. The molecule has 2 heterocycles. The number of halogens is 2. The Hall–Kier alpha value is -4.51. The summed E-state index contributed by atoms with van der Waals surface area (Å²) in [6.45, 7) is 0. The van der Waals surface area contributed by atoms with Crippen molar-refractivity contribution in [3.05, 3.63) is 148 Å². The van der Waals surface area contributed by atoms with Crippen molar-refractivity contribution in [3.8, 4) is 11.3 Å². The zero-order chi connectivity index (χ0) is 26.8. The number of benzene rings is 4. The van der Waals surface area contributed by atoms with E-state index in [0.29, 0.717) is 27.1 Å². The maximum Gasteiger partial charge on any atom is 0.263 e. The summed E-state index contributed by atoms with van der Waals surface area (Å²) >= 11 is 12.2. The zero-order valence-corrected chi connectivity index (χ0v) is 22.2. The van der Waals surface area contributed by atoms with E-state index in [4.69, 9.17) is 27.6 Å². The second-order valence-electron chi connectivity index (χ2n) is 9.00. The van der Waals surface area contributed by atoms with Crippen molar-refractivity contribution in [1.29, 1.82) is 0 Å². The van der Waals surface area contributed by atoms with Gasteiger partial charge >= 0.3 is 0 Å². The third-order valence-corrected chi connectivity index (χ3v) is 7.11. The molecule has 0 radical (unpaired) electrons. The van der Waals surface area contributed by atoms with Crippen molar-refractivity contribution in [2.75, 3.05) is 10.2 Å². The molecule has 1 N–H and O–H groups in total. The molecule has 0 aliphatic carbocycles. The van der Waals surface area contributed by atoms with Crippen LogP contribution in [0, 0.1) is 0 Å². The number of amides is 1. The van der Waals surface area contributed by atoms with E-state index in [1.807, 2.05) is 109 Å². The van der Waals surface area contributed by atoms with E-state index in [9.17, 15) is 4.79 Å². The van der Waals surface area contributed by atoms with Gasteiger partial charge in [0.05, 0.1) is 15.7 Å². The summed E-state index contributed by atoms with van der Waals surface area (Å²) in [6, 6.07) is 36.7. The van der Waals surface area contributed by atoms with Crippen molar-refractivity contribution >= 4 is 57.9 Å². The fraction of sp³-hybridized carbons (Fsp3) is 0. The number of furan rings is 1. The Labute approximate surface area is 236 Å². The molecule has 1 aromatic heterocycles. The lowest BCUT2D eigenvalue weighted by atomic mass is 10.1. The number of hydrogen-bond donors (Lipinski definition) is 1. The quantitative estimate of drug-likeness (QED) is 0.215. The number of anilines is 3. The number of para-hydroxylation sites is 1. The van der Waals surface area contributed by atoms with Gasteiger partial charge in [-0.25, -0.2) is 0 Å². The Bertz CT molecular complexity index is 1710. The van der Waals surface area contributed by atoms with E-state index in [2.05, 4.69) is 5.32 Å². The zero-order valence-electron chi connectivity index (χ0n) is 20.6. The van der Waals surface area contributed by atoms with Crippen LogP contribution in [0.15, 0.2) is 131 Å². The van der Waals surface area contributed by atoms with Crippen LogP contribution in [0.2, 0.25) is 10.0 Å². The molecule has 4 nitrogen and oxygen atoms in total. The van der Waals surface area contributed by atoms with Crippen LogP contribution in [0.4, 0.5) is 17.1 Å². The summed E-state index contributed by atoms with van der Waals surface area (Å²) in [5, 5.41) is 4.31. The summed E-state index contributed by atoms with van der Waals surface area (Å²) in [5.74, 6) is 1.06. The normalized spacial score (nSPS) is 14.1. The van der Waals surface area contributed by atoms with E-state index in [0.717, 1.165) is 33.9 Å². The Morgan fingerprint density at radius 3 is 2.10 bits per heavy atom. The monoisotopic (exact) mass is 548 g/mol. The van der Waals surface area contributed by atoms with Crippen LogP contribution in [0.3, 0.4) is 0 Å². The van der Waals surface area contributed by atoms with Crippen molar-refractivity contribution in [1.82, 2.24) is 0 Å². The maximum atomic E-state index is 13.7. The molecule has 6 heteroatoms. The Balaban J connectivity index is 1.32. The summed E-state index contributed by atoms with van der Waals surface area (Å²) in [5.41, 5.74) is 5.77. The van der Waals surface area contributed by atoms with Crippen LogP contribution in [-0.4, -0.2) is 5.91 Å². The van der Waals surface area contributed by atoms with Gasteiger partial charge in [-0.15, -0.1) is 0 Å². The number of nitrogens with zero attached hydrogens (tertiary/aromatic N) is 1. The molecule has 0 saturated heterocycles. The molecular formula is C33H22Cl2N2O2. The van der Waals surface area contributed by atoms with Crippen molar-refractivity contribution in [2.24, 2.45) is 0 Å². The van der Waals surface area contributed by atoms with E-state index in [1.54, 1.807) is 23.1 Å². The summed E-state index contributed by atoms with van der Waals surface area (Å²) in [6.07, 6.45) is 3.66. The SMILES string of the molecule is O=C1/C(=C\c2ccc(-c3ccc(Cl)c(Cl)c3)o2)C=C(c2ccccc2)N1c1ccc(Nc2ccccc2)cc1. The number of carbonyl (C=O) groups excluding carboxylic acids is 1. The van der Waals surface area contributed by atoms with Gasteiger partial charge in [-0.3, -0.25) is 9.69 Å². The Morgan fingerprint density at radius 1 is 0.692 bits per heavy atom. The van der Waals surface area contributed by atoms with Crippen LogP contribution < -0.4 is 10.2 Å². The predicted molar refractivity (Wildman–Crippen MR) is 160 cm³/mol. The average molecular weight is 549 g/mol. The molecule has 1 amide bonds. The van der Waals surface area contributed by atoms with E-state index in [1.165, 1.54) is 0 Å². The minimum absolute atomic E-state index is 0.134. The first-order chi connectivity index (χ1) is 19.0. The molecule has 0 atom stereocenters. The van der Waals surface area contributed by atoms with Gasteiger partial charge in [0.25, 0.3) is 5.91 Å². The molecule has 6 rings (SSSR count). The van der Waals surface area contributed by atoms with Gasteiger partial charge < -0.3 is 9.73 Å². The summed E-state index contributed by atoms with van der Waals surface area (Å²) in [7, 11) is 0. The molecule has 39 heavy (non-hydrogen) atoms. The minimum Gasteiger partial charge on any atom is -0.457 e. The Morgan fingerprint density at radius 2 is 1.38 bits per heavy atom. The van der Waals surface area contributed by atoms with Gasteiger partial charge in [-0.1, -0.05) is 71.7 Å². The second-order valence-corrected chi connectivity index (χ2v) is 9.82. The van der Waals surface area contributed by atoms with Crippen LogP contribution in [0.5, 0.6) is 0 Å². The highest BCUT2D eigenvalue weighted by molar-refractivity contribution is 6.42. The van der Waals surface area contributed by atoms with Gasteiger partial charge in [0, 0.05) is 28.2 Å². The molecule has 0 saturated carbocycles. The third kappa shape index (κ3) is 5.26. The van der Waals surface area contributed by atoms with Crippen LogP contribution >= 0.6 is 23.2 Å². The molecule has 0 unspecified atom stereocenters. The molecule has 1 aliphatic rings. The Kier molecular flexibility index (Phi) is 6.80. The van der Waals surface area contributed by atoms with Crippen LogP contribution in [0.25, 0.3) is 23.1 Å². The van der Waals surface area contributed by atoms with E-state index < -0.39 is 0 Å². The molecule has 4 aromatic carbocycles. The number of nitrogens with one attached hydrogen (secondary N) is 1. The van der Waals surface area contributed by atoms with Crippen molar-refractivity contribution in [3.63, 3.8) is 0 Å². The van der Waals surface area contributed by atoms with Gasteiger partial charge in [-0.05, 0) is 84.4 Å². The maximum absolute atomic E-state index is 13.7. The second kappa shape index (κ2) is 10.7. The predicted octanol–water partition coefficient (Wildman–Crippen LogP) is 9.47. The fourth-order valence-electron chi connectivity index (χ4n) is 4.46. The smallest absolute Gasteiger partial charge is 0.263 e. The lowest BCUT2D eigenvalue weighted by Crippen LogP contribution is -2.24. The first-order valence-corrected chi connectivity index (χ1v) is 13.1. The fourth-order valence-corrected chi connectivity index (χ4v) is 4.76. The largest absolute Gasteiger partial charge is 0.457 e. The van der Waals surface area contributed by atoms with Gasteiger partial charge in [0.15, 0.2) is 0 Å². The average Bonchev–Trinajstić information content (AvgIpc) is 3.56. The first kappa shape index (κ1) is 24.8. The standard InChI is InChI=1S/C33H22Cl2N2O2/c34-29-17-11-23(20-30(29)35)32-18-16-28(39-32)19-24-21-31(22-7-3-1-4-8-22)37(33(24)38)27-14-12-26(13-15-27)36-25-9-5-2-6-10-25/h1-21,36H/b24-19-. The first-order valence-electron chi connectivity index (χ1n) is 12.4. The lowest BCUT2D eigenvalue weighted by Gasteiger charge is -2.21. The van der Waals surface area contributed by atoms with Crippen molar-refractivity contribution < 1.29 is 9.21 Å². The highest BCUT2D eigenvalue weighted by atomic mass is 35.5. The molecule has 190 valence electrons. The molecule has 0 spiro atoms. The minimum atomic E-state index is -0.134. The summed E-state index contributed by atoms with van der Waals surface area (Å²) < 4.78 is 6.04.